The van der Waals surface area contributed by atoms with Gasteiger partial charge in [-0.25, -0.2) is 9.93 Å². The first kappa shape index (κ1) is 17.2. The molecule has 0 spiro atoms. The van der Waals surface area contributed by atoms with E-state index in [1.165, 1.54) is 6.08 Å². The third-order valence-corrected chi connectivity index (χ3v) is 3.20. The number of benzene rings is 1. The maximum atomic E-state index is 11.9. The normalized spacial score (nSPS) is 12.4. The zero-order chi connectivity index (χ0) is 16.1. The van der Waals surface area contributed by atoms with E-state index in [2.05, 4.69) is 0 Å². The van der Waals surface area contributed by atoms with E-state index in [0.717, 1.165) is 5.56 Å². The van der Waals surface area contributed by atoms with Gasteiger partial charge in [-0.05, 0) is 26.3 Å². The molecule has 1 rings (SSSR count). The number of rotatable bonds is 4. The molecule has 0 unspecified atom stereocenters. The first-order valence-corrected chi connectivity index (χ1v) is 7.85. The standard InChI is InChI=1S/C14H20N2O4S/c1-14(2,3)20-13(17)16(21(15,18)19)11-7-10-12-8-5-4-6-9-12/h4-10H,11H2,1-3H3,(H2,15,18,19)/b10-7+. The van der Waals surface area contributed by atoms with Crippen LogP contribution in [0.5, 0.6) is 0 Å². The van der Waals surface area contributed by atoms with Crippen molar-refractivity contribution in [3.8, 4) is 0 Å². The van der Waals surface area contributed by atoms with Gasteiger partial charge < -0.3 is 4.74 Å². The van der Waals surface area contributed by atoms with Crippen molar-refractivity contribution in [2.45, 2.75) is 26.4 Å². The zero-order valence-corrected chi connectivity index (χ0v) is 13.1. The molecule has 0 heterocycles. The summed E-state index contributed by atoms with van der Waals surface area (Å²) < 4.78 is 28.4. The molecule has 1 aromatic rings. The summed E-state index contributed by atoms with van der Waals surface area (Å²) in [7, 11) is -4.18. The molecule has 0 aromatic heterocycles. The van der Waals surface area contributed by atoms with Crippen LogP contribution in [0.2, 0.25) is 0 Å². The monoisotopic (exact) mass is 312 g/mol. The van der Waals surface area contributed by atoms with Crippen molar-refractivity contribution in [3.05, 3.63) is 42.0 Å². The van der Waals surface area contributed by atoms with Crippen LogP contribution in [0, 0.1) is 0 Å². The maximum Gasteiger partial charge on any atom is 0.425 e. The fraction of sp³-hybridized carbons (Fsp3) is 0.357. The first-order chi connectivity index (χ1) is 9.59. The fourth-order valence-electron chi connectivity index (χ4n) is 1.44. The van der Waals surface area contributed by atoms with E-state index in [1.54, 1.807) is 26.8 Å². The minimum Gasteiger partial charge on any atom is -0.443 e. The minimum atomic E-state index is -4.18. The number of ether oxygens (including phenoxy) is 1. The SMILES string of the molecule is CC(C)(C)OC(=O)N(C/C=C/c1ccccc1)S(N)(=O)=O. The third-order valence-electron chi connectivity index (χ3n) is 2.29. The van der Waals surface area contributed by atoms with Crippen LogP contribution >= 0.6 is 0 Å². The van der Waals surface area contributed by atoms with Gasteiger partial charge in [0.1, 0.15) is 5.60 Å². The highest BCUT2D eigenvalue weighted by Crippen LogP contribution is 2.11. The van der Waals surface area contributed by atoms with Gasteiger partial charge in [0.05, 0.1) is 6.54 Å². The van der Waals surface area contributed by atoms with Gasteiger partial charge in [-0.15, -0.1) is 0 Å². The Hall–Kier alpha value is -1.86. The van der Waals surface area contributed by atoms with Crippen molar-refractivity contribution in [2.24, 2.45) is 5.14 Å². The van der Waals surface area contributed by atoms with Crippen LogP contribution in [0.25, 0.3) is 6.08 Å². The number of nitrogens with zero attached hydrogens (tertiary/aromatic N) is 1. The Balaban J connectivity index is 2.81. The molecule has 21 heavy (non-hydrogen) atoms. The largest absolute Gasteiger partial charge is 0.443 e. The van der Waals surface area contributed by atoms with E-state index >= 15 is 0 Å². The van der Waals surface area contributed by atoms with Gasteiger partial charge in [0, 0.05) is 0 Å². The quantitative estimate of drug-likeness (QED) is 0.922. The number of amides is 1. The van der Waals surface area contributed by atoms with Crippen LogP contribution in [0.15, 0.2) is 36.4 Å². The summed E-state index contributed by atoms with van der Waals surface area (Å²) in [6.07, 6.45) is 2.23. The smallest absolute Gasteiger partial charge is 0.425 e. The Bertz CT molecular complexity index is 604. The van der Waals surface area contributed by atoms with E-state index in [4.69, 9.17) is 9.88 Å². The lowest BCUT2D eigenvalue weighted by atomic mass is 10.2. The molecular weight excluding hydrogens is 292 g/mol. The average molecular weight is 312 g/mol. The number of hydrogen-bond donors (Lipinski definition) is 1. The molecular formula is C14H20N2O4S. The summed E-state index contributed by atoms with van der Waals surface area (Å²) in [5.74, 6) is 0. The van der Waals surface area contributed by atoms with E-state index in [9.17, 15) is 13.2 Å². The van der Waals surface area contributed by atoms with Crippen molar-refractivity contribution in [1.82, 2.24) is 4.31 Å². The Kier molecular flexibility index (Phi) is 5.51. The molecule has 0 aliphatic heterocycles. The Morgan fingerprint density at radius 1 is 1.29 bits per heavy atom. The first-order valence-electron chi connectivity index (χ1n) is 6.34. The lowest BCUT2D eigenvalue weighted by Gasteiger charge is -2.24. The second-order valence-corrected chi connectivity index (χ2v) is 6.84. The summed E-state index contributed by atoms with van der Waals surface area (Å²) in [5.41, 5.74) is 0.0828. The molecule has 2 N–H and O–H groups in total. The van der Waals surface area contributed by atoms with Gasteiger partial charge in [-0.3, -0.25) is 0 Å². The molecule has 1 aromatic carbocycles. The summed E-state index contributed by atoms with van der Waals surface area (Å²) in [5, 5.41) is 5.04. The summed E-state index contributed by atoms with van der Waals surface area (Å²) in [4.78, 5) is 11.9. The molecule has 0 radical (unpaired) electrons. The molecule has 0 saturated heterocycles. The van der Waals surface area contributed by atoms with Crippen LogP contribution < -0.4 is 5.14 Å². The lowest BCUT2D eigenvalue weighted by molar-refractivity contribution is 0.0404. The van der Waals surface area contributed by atoms with Crippen LogP contribution in [0.3, 0.4) is 0 Å². The van der Waals surface area contributed by atoms with Crippen LogP contribution in [-0.4, -0.2) is 31.0 Å². The molecule has 1 amide bonds. The third kappa shape index (κ3) is 6.42. The Morgan fingerprint density at radius 2 is 1.86 bits per heavy atom. The van der Waals surface area contributed by atoms with E-state index < -0.39 is 21.9 Å². The van der Waals surface area contributed by atoms with Gasteiger partial charge in [0.2, 0.25) is 0 Å². The van der Waals surface area contributed by atoms with E-state index in [1.807, 2.05) is 30.3 Å². The summed E-state index contributed by atoms with van der Waals surface area (Å²) >= 11 is 0. The molecule has 0 aliphatic carbocycles. The molecule has 0 aliphatic rings. The predicted molar refractivity (Wildman–Crippen MR) is 81.5 cm³/mol. The van der Waals surface area contributed by atoms with Gasteiger partial charge in [-0.1, -0.05) is 42.5 Å². The van der Waals surface area contributed by atoms with Gasteiger partial charge in [0.25, 0.3) is 0 Å². The second-order valence-electron chi connectivity index (χ2n) is 5.37. The molecule has 0 saturated carbocycles. The van der Waals surface area contributed by atoms with Crippen LogP contribution in [-0.2, 0) is 14.9 Å². The molecule has 0 atom stereocenters. The van der Waals surface area contributed by atoms with Crippen molar-refractivity contribution in [3.63, 3.8) is 0 Å². The summed E-state index contributed by atoms with van der Waals surface area (Å²) in [6, 6.07) is 9.28. The van der Waals surface area contributed by atoms with Gasteiger partial charge in [-0.2, -0.15) is 12.7 Å². The molecule has 116 valence electrons. The predicted octanol–water partition coefficient (Wildman–Crippen LogP) is 2.14. The van der Waals surface area contributed by atoms with Gasteiger partial charge >= 0.3 is 16.3 Å². The van der Waals surface area contributed by atoms with Gasteiger partial charge in [0.15, 0.2) is 0 Å². The average Bonchev–Trinajstić information content (AvgIpc) is 2.32. The highest BCUT2D eigenvalue weighted by atomic mass is 32.2. The maximum absolute atomic E-state index is 11.9. The Morgan fingerprint density at radius 3 is 2.33 bits per heavy atom. The highest BCUT2D eigenvalue weighted by molar-refractivity contribution is 7.87. The van der Waals surface area contributed by atoms with Crippen LogP contribution in [0.1, 0.15) is 26.3 Å². The molecule has 0 bridgehead atoms. The van der Waals surface area contributed by atoms with E-state index in [-0.39, 0.29) is 6.54 Å². The number of carbonyl (C=O) groups is 1. The highest BCUT2D eigenvalue weighted by Gasteiger charge is 2.28. The molecule has 6 nitrogen and oxygen atoms in total. The van der Waals surface area contributed by atoms with Crippen LogP contribution in [0.4, 0.5) is 4.79 Å². The fourth-order valence-corrected chi connectivity index (χ4v) is 1.98. The molecule has 7 heteroatoms. The van der Waals surface area contributed by atoms with Crippen molar-refractivity contribution in [2.75, 3.05) is 6.54 Å². The second kappa shape index (κ2) is 6.73. The minimum absolute atomic E-state index is 0.192. The number of carbonyl (C=O) groups excluding carboxylic acids is 1. The Labute approximate surface area is 125 Å². The summed E-state index contributed by atoms with van der Waals surface area (Å²) in [6.45, 7) is 4.74. The molecule has 0 fully saturated rings. The van der Waals surface area contributed by atoms with E-state index in [0.29, 0.717) is 4.31 Å². The van der Waals surface area contributed by atoms with Crippen molar-refractivity contribution < 1.29 is 17.9 Å². The number of hydrogen-bond acceptors (Lipinski definition) is 4. The van der Waals surface area contributed by atoms with Crippen molar-refractivity contribution in [1.29, 1.82) is 0 Å². The number of nitrogens with two attached hydrogens (primary N) is 1. The lowest BCUT2D eigenvalue weighted by Crippen LogP contribution is -2.44. The van der Waals surface area contributed by atoms with Crippen molar-refractivity contribution >= 4 is 22.4 Å². The topological polar surface area (TPSA) is 89.7 Å². The zero-order valence-electron chi connectivity index (χ0n) is 12.3.